The van der Waals surface area contributed by atoms with Crippen LogP contribution in [0.4, 0.5) is 5.69 Å². The molecule has 1 aromatic rings. The number of rotatable bonds is 9. The average molecular weight is 292 g/mol. The molecule has 0 aliphatic heterocycles. The SMILES string of the molecule is COCCn1ncc(NCCOCCO)c(Cl)c1=O. The van der Waals surface area contributed by atoms with Crippen LogP contribution < -0.4 is 10.9 Å². The molecule has 0 spiro atoms. The molecule has 2 N–H and O–H groups in total. The summed E-state index contributed by atoms with van der Waals surface area (Å²) in [5, 5.41) is 15.6. The molecule has 0 saturated heterocycles. The zero-order valence-electron chi connectivity index (χ0n) is 10.8. The molecule has 0 aliphatic rings. The first kappa shape index (κ1) is 15.9. The molecule has 8 heteroatoms. The summed E-state index contributed by atoms with van der Waals surface area (Å²) < 4.78 is 11.2. The van der Waals surface area contributed by atoms with E-state index < -0.39 is 0 Å². The first-order valence-electron chi connectivity index (χ1n) is 5.87. The monoisotopic (exact) mass is 291 g/mol. The second kappa shape index (κ2) is 8.87. The molecular weight excluding hydrogens is 274 g/mol. The van der Waals surface area contributed by atoms with Crippen molar-refractivity contribution in [1.82, 2.24) is 9.78 Å². The molecule has 108 valence electrons. The lowest BCUT2D eigenvalue weighted by atomic mass is 10.4. The van der Waals surface area contributed by atoms with Crippen LogP contribution in [0.25, 0.3) is 0 Å². The third-order valence-corrected chi connectivity index (χ3v) is 2.65. The molecule has 0 unspecified atom stereocenters. The molecule has 0 bridgehead atoms. The Bertz CT molecular complexity index is 438. The number of nitrogens with zero attached hydrogens (tertiary/aromatic N) is 2. The summed E-state index contributed by atoms with van der Waals surface area (Å²) in [6.45, 7) is 1.90. The fourth-order valence-electron chi connectivity index (χ4n) is 1.35. The quantitative estimate of drug-likeness (QED) is 0.621. The molecule has 19 heavy (non-hydrogen) atoms. The average Bonchev–Trinajstić information content (AvgIpc) is 2.42. The van der Waals surface area contributed by atoms with E-state index in [4.69, 9.17) is 26.2 Å². The second-order valence-corrected chi connectivity index (χ2v) is 4.03. The van der Waals surface area contributed by atoms with Gasteiger partial charge in [0.15, 0.2) is 0 Å². The number of halogens is 1. The van der Waals surface area contributed by atoms with E-state index in [1.54, 1.807) is 7.11 Å². The van der Waals surface area contributed by atoms with Gasteiger partial charge in [0, 0.05) is 13.7 Å². The van der Waals surface area contributed by atoms with Crippen LogP contribution >= 0.6 is 11.6 Å². The summed E-state index contributed by atoms with van der Waals surface area (Å²) in [6.07, 6.45) is 1.49. The lowest BCUT2D eigenvalue weighted by molar-refractivity contribution is 0.0992. The Hall–Kier alpha value is -1.15. The van der Waals surface area contributed by atoms with Gasteiger partial charge >= 0.3 is 0 Å². The van der Waals surface area contributed by atoms with Gasteiger partial charge in [0.2, 0.25) is 0 Å². The maximum atomic E-state index is 11.8. The van der Waals surface area contributed by atoms with E-state index >= 15 is 0 Å². The lowest BCUT2D eigenvalue weighted by Crippen LogP contribution is -2.26. The highest BCUT2D eigenvalue weighted by Gasteiger charge is 2.08. The number of aliphatic hydroxyl groups excluding tert-OH is 1. The normalized spacial score (nSPS) is 10.7. The minimum absolute atomic E-state index is 0.0160. The molecule has 0 saturated carbocycles. The van der Waals surface area contributed by atoms with Crippen molar-refractivity contribution in [3.05, 3.63) is 21.6 Å². The summed E-state index contributed by atoms with van der Waals surface area (Å²) in [4.78, 5) is 11.8. The zero-order valence-corrected chi connectivity index (χ0v) is 11.5. The summed E-state index contributed by atoms with van der Waals surface area (Å²) in [5.41, 5.74) is 0.105. The van der Waals surface area contributed by atoms with Crippen LogP contribution in [0.15, 0.2) is 11.0 Å². The van der Waals surface area contributed by atoms with Crippen LogP contribution in [-0.2, 0) is 16.0 Å². The van der Waals surface area contributed by atoms with Crippen molar-refractivity contribution in [3.8, 4) is 0 Å². The first-order valence-corrected chi connectivity index (χ1v) is 6.25. The molecule has 1 rings (SSSR count). The maximum Gasteiger partial charge on any atom is 0.287 e. The van der Waals surface area contributed by atoms with E-state index in [0.29, 0.717) is 32.0 Å². The van der Waals surface area contributed by atoms with E-state index in [1.807, 2.05) is 0 Å². The predicted octanol–water partition coefficient (Wildman–Crippen LogP) is -0.0361. The van der Waals surface area contributed by atoms with Crippen molar-refractivity contribution in [1.29, 1.82) is 0 Å². The number of aromatic nitrogens is 2. The Morgan fingerprint density at radius 3 is 2.95 bits per heavy atom. The van der Waals surface area contributed by atoms with Gasteiger partial charge in [-0.3, -0.25) is 4.79 Å². The molecule has 0 fully saturated rings. The van der Waals surface area contributed by atoms with Gasteiger partial charge in [-0.15, -0.1) is 0 Å². The maximum absolute atomic E-state index is 11.8. The minimum atomic E-state index is -0.361. The molecule has 0 atom stereocenters. The number of anilines is 1. The fourth-order valence-corrected chi connectivity index (χ4v) is 1.56. The number of hydrogen-bond donors (Lipinski definition) is 2. The molecule has 0 aliphatic carbocycles. The Morgan fingerprint density at radius 1 is 1.47 bits per heavy atom. The summed E-state index contributed by atoms with van der Waals surface area (Å²) >= 11 is 5.96. The standard InChI is InChI=1S/C11H18ClN3O4/c1-18-6-3-15-11(17)10(12)9(8-14-15)13-2-5-19-7-4-16/h8,13,16H,2-7H2,1H3. The zero-order chi connectivity index (χ0) is 14.1. The topological polar surface area (TPSA) is 85.6 Å². The van der Waals surface area contributed by atoms with Crippen molar-refractivity contribution in [2.75, 3.05) is 45.4 Å². The van der Waals surface area contributed by atoms with Crippen LogP contribution in [0, 0.1) is 0 Å². The Morgan fingerprint density at radius 2 is 2.26 bits per heavy atom. The van der Waals surface area contributed by atoms with Crippen molar-refractivity contribution in [3.63, 3.8) is 0 Å². The molecule has 7 nitrogen and oxygen atoms in total. The number of hydrogen-bond acceptors (Lipinski definition) is 6. The van der Waals surface area contributed by atoms with Crippen molar-refractivity contribution in [2.45, 2.75) is 6.54 Å². The predicted molar refractivity (Wildman–Crippen MR) is 71.8 cm³/mol. The molecule has 0 radical (unpaired) electrons. The highest BCUT2D eigenvalue weighted by molar-refractivity contribution is 6.32. The summed E-state index contributed by atoms with van der Waals surface area (Å²) in [6, 6.07) is 0. The Labute approximate surface area is 116 Å². The number of ether oxygens (including phenoxy) is 2. The van der Waals surface area contributed by atoms with Crippen molar-refractivity contribution < 1.29 is 14.6 Å². The minimum Gasteiger partial charge on any atom is -0.394 e. The van der Waals surface area contributed by atoms with Crippen LogP contribution in [0.1, 0.15) is 0 Å². The molecule has 0 aromatic carbocycles. The van der Waals surface area contributed by atoms with Crippen molar-refractivity contribution >= 4 is 17.3 Å². The van der Waals surface area contributed by atoms with Crippen LogP contribution in [0.5, 0.6) is 0 Å². The van der Waals surface area contributed by atoms with Gasteiger partial charge in [-0.1, -0.05) is 11.6 Å². The van der Waals surface area contributed by atoms with Gasteiger partial charge in [-0.2, -0.15) is 5.10 Å². The van der Waals surface area contributed by atoms with Gasteiger partial charge in [-0.25, -0.2) is 4.68 Å². The number of nitrogens with one attached hydrogen (secondary N) is 1. The second-order valence-electron chi connectivity index (χ2n) is 3.66. The van der Waals surface area contributed by atoms with Crippen molar-refractivity contribution in [2.24, 2.45) is 0 Å². The van der Waals surface area contributed by atoms with Gasteiger partial charge in [-0.05, 0) is 0 Å². The third-order valence-electron chi connectivity index (χ3n) is 2.29. The van der Waals surface area contributed by atoms with Gasteiger partial charge in [0.25, 0.3) is 5.56 Å². The lowest BCUT2D eigenvalue weighted by Gasteiger charge is -2.10. The Balaban J connectivity index is 2.56. The van der Waals surface area contributed by atoms with Gasteiger partial charge < -0.3 is 19.9 Å². The largest absolute Gasteiger partial charge is 0.394 e. The fraction of sp³-hybridized carbons (Fsp3) is 0.636. The summed E-state index contributed by atoms with van der Waals surface area (Å²) in [7, 11) is 1.55. The van der Waals surface area contributed by atoms with E-state index in [2.05, 4.69) is 10.4 Å². The smallest absolute Gasteiger partial charge is 0.287 e. The molecular formula is C11H18ClN3O4. The first-order chi connectivity index (χ1) is 9.20. The van der Waals surface area contributed by atoms with E-state index in [-0.39, 0.29) is 23.8 Å². The third kappa shape index (κ3) is 5.15. The highest BCUT2D eigenvalue weighted by Crippen LogP contribution is 2.14. The van der Waals surface area contributed by atoms with Gasteiger partial charge in [0.1, 0.15) is 5.02 Å². The van der Waals surface area contributed by atoms with Crippen LogP contribution in [0.3, 0.4) is 0 Å². The van der Waals surface area contributed by atoms with E-state index in [9.17, 15) is 4.79 Å². The van der Waals surface area contributed by atoms with E-state index in [1.165, 1.54) is 10.9 Å². The van der Waals surface area contributed by atoms with E-state index in [0.717, 1.165) is 0 Å². The molecule has 1 heterocycles. The van der Waals surface area contributed by atoms with Crippen LogP contribution in [-0.4, -0.2) is 55.0 Å². The number of aliphatic hydroxyl groups is 1. The summed E-state index contributed by atoms with van der Waals surface area (Å²) in [5.74, 6) is 0. The van der Waals surface area contributed by atoms with Gasteiger partial charge in [0.05, 0.1) is 44.9 Å². The number of methoxy groups -OCH3 is 1. The van der Waals surface area contributed by atoms with Crippen LogP contribution in [0.2, 0.25) is 5.02 Å². The molecule has 1 aromatic heterocycles. The Kier molecular flexibility index (Phi) is 7.42. The molecule has 0 amide bonds. The highest BCUT2D eigenvalue weighted by atomic mass is 35.5.